The Morgan fingerprint density at radius 2 is 2.04 bits per heavy atom. The second-order valence-electron chi connectivity index (χ2n) is 6.63. The predicted molar refractivity (Wildman–Crippen MR) is 97.6 cm³/mol. The molecular weight excluding hydrogens is 304 g/mol. The van der Waals surface area contributed by atoms with Crippen LogP contribution in [-0.2, 0) is 9.59 Å². The summed E-state index contributed by atoms with van der Waals surface area (Å²) in [5.41, 5.74) is 3.30. The molecule has 132 valence electrons. The first kappa shape index (κ1) is 18.1. The fourth-order valence-electron chi connectivity index (χ4n) is 2.94. The quantitative estimate of drug-likeness (QED) is 0.853. The van der Waals surface area contributed by atoms with Gasteiger partial charge in [-0.1, -0.05) is 6.07 Å². The van der Waals surface area contributed by atoms with Crippen molar-refractivity contribution in [3.8, 4) is 0 Å². The van der Waals surface area contributed by atoms with Crippen LogP contribution in [0.5, 0.6) is 0 Å². The normalized spacial score (nSPS) is 17.7. The third-order valence-corrected chi connectivity index (χ3v) is 4.37. The lowest BCUT2D eigenvalue weighted by Gasteiger charge is -2.24. The molecule has 6 nitrogen and oxygen atoms in total. The van der Waals surface area contributed by atoms with Crippen molar-refractivity contribution in [2.75, 3.05) is 44.0 Å². The summed E-state index contributed by atoms with van der Waals surface area (Å²) in [5.74, 6) is -0.208. The van der Waals surface area contributed by atoms with Crippen LogP contribution in [-0.4, -0.2) is 52.1 Å². The highest BCUT2D eigenvalue weighted by Crippen LogP contribution is 2.24. The van der Waals surface area contributed by atoms with Crippen molar-refractivity contribution in [1.29, 1.82) is 0 Å². The third kappa shape index (κ3) is 4.63. The largest absolute Gasteiger partial charge is 0.377 e. The molecule has 1 aromatic carbocycles. The van der Waals surface area contributed by atoms with Gasteiger partial charge in [0.15, 0.2) is 0 Å². The maximum absolute atomic E-state index is 12.3. The van der Waals surface area contributed by atoms with Gasteiger partial charge in [-0.05, 0) is 43.9 Å². The molecule has 1 atom stereocenters. The van der Waals surface area contributed by atoms with Crippen LogP contribution >= 0.6 is 0 Å². The number of aryl methyl sites for hydroxylation is 1. The average Bonchev–Trinajstić information content (AvgIpc) is 2.72. The maximum Gasteiger partial charge on any atom is 0.242 e. The van der Waals surface area contributed by atoms with Crippen molar-refractivity contribution in [2.45, 2.75) is 32.2 Å². The molecule has 2 amide bonds. The lowest BCUT2D eigenvalue weighted by atomic mass is 10.1. The number of amides is 2. The molecule has 2 N–H and O–H groups in total. The van der Waals surface area contributed by atoms with Gasteiger partial charge >= 0.3 is 0 Å². The van der Waals surface area contributed by atoms with Crippen LogP contribution in [0, 0.1) is 6.92 Å². The minimum atomic E-state index is -0.413. The van der Waals surface area contributed by atoms with Crippen molar-refractivity contribution >= 4 is 23.2 Å². The number of nitrogens with zero attached hydrogens (tertiary/aromatic N) is 2. The topological polar surface area (TPSA) is 64.7 Å². The van der Waals surface area contributed by atoms with E-state index in [1.54, 1.807) is 0 Å². The minimum absolute atomic E-state index is 0.0752. The van der Waals surface area contributed by atoms with E-state index in [0.717, 1.165) is 24.2 Å². The monoisotopic (exact) mass is 332 g/mol. The van der Waals surface area contributed by atoms with E-state index in [1.807, 2.05) is 32.1 Å². The second kappa shape index (κ2) is 8.04. The smallest absolute Gasteiger partial charge is 0.242 e. The minimum Gasteiger partial charge on any atom is -0.377 e. The SMILES string of the molecule is Cc1ccc(N(C)CC(=O)N[C@@H]2CCCCNC2=O)cc1N(C)C. The van der Waals surface area contributed by atoms with Gasteiger partial charge in [-0.15, -0.1) is 0 Å². The van der Waals surface area contributed by atoms with Crippen molar-refractivity contribution in [3.63, 3.8) is 0 Å². The Bertz CT molecular complexity index is 601. The Balaban J connectivity index is 1.98. The Kier molecular flexibility index (Phi) is 6.06. The summed E-state index contributed by atoms with van der Waals surface area (Å²) < 4.78 is 0. The summed E-state index contributed by atoms with van der Waals surface area (Å²) in [7, 11) is 5.89. The summed E-state index contributed by atoms with van der Waals surface area (Å²) in [4.78, 5) is 28.2. The molecule has 1 aliphatic rings. The third-order valence-electron chi connectivity index (χ3n) is 4.37. The fraction of sp³-hybridized carbons (Fsp3) is 0.556. The van der Waals surface area contributed by atoms with Gasteiger partial charge in [0, 0.05) is 39.1 Å². The molecule has 0 unspecified atom stereocenters. The van der Waals surface area contributed by atoms with Crippen molar-refractivity contribution in [3.05, 3.63) is 23.8 Å². The molecule has 0 aromatic heterocycles. The highest BCUT2D eigenvalue weighted by Gasteiger charge is 2.22. The molecule has 1 fully saturated rings. The van der Waals surface area contributed by atoms with Crippen molar-refractivity contribution in [2.24, 2.45) is 0 Å². The van der Waals surface area contributed by atoms with E-state index in [4.69, 9.17) is 0 Å². The molecule has 0 bridgehead atoms. The molecule has 0 saturated carbocycles. The molecule has 0 spiro atoms. The first-order chi connectivity index (χ1) is 11.4. The average molecular weight is 332 g/mol. The molecule has 24 heavy (non-hydrogen) atoms. The van der Waals surface area contributed by atoms with Gasteiger partial charge in [0.1, 0.15) is 6.04 Å². The number of hydrogen-bond donors (Lipinski definition) is 2. The Morgan fingerprint density at radius 3 is 2.75 bits per heavy atom. The summed E-state index contributed by atoms with van der Waals surface area (Å²) >= 11 is 0. The number of likely N-dealkylation sites (N-methyl/N-ethyl adjacent to an activating group) is 1. The Morgan fingerprint density at radius 1 is 1.29 bits per heavy atom. The maximum atomic E-state index is 12.3. The zero-order chi connectivity index (χ0) is 17.7. The van der Waals surface area contributed by atoms with E-state index in [1.165, 1.54) is 5.56 Å². The van der Waals surface area contributed by atoms with Crippen LogP contribution in [0.3, 0.4) is 0 Å². The molecule has 1 saturated heterocycles. The number of rotatable bonds is 5. The van der Waals surface area contributed by atoms with Crippen LogP contribution in [0.4, 0.5) is 11.4 Å². The summed E-state index contributed by atoms with van der Waals surface area (Å²) in [6, 6.07) is 5.72. The number of carbonyl (C=O) groups excluding carboxylic acids is 2. The van der Waals surface area contributed by atoms with Crippen LogP contribution in [0.25, 0.3) is 0 Å². The Labute approximate surface area is 144 Å². The number of hydrogen-bond acceptors (Lipinski definition) is 4. The van der Waals surface area contributed by atoms with Crippen LogP contribution in [0.2, 0.25) is 0 Å². The van der Waals surface area contributed by atoms with Crippen molar-refractivity contribution in [1.82, 2.24) is 10.6 Å². The lowest BCUT2D eigenvalue weighted by molar-refractivity contribution is -0.128. The molecule has 1 heterocycles. The van der Waals surface area contributed by atoms with Crippen LogP contribution < -0.4 is 20.4 Å². The molecule has 0 radical (unpaired) electrons. The standard InChI is InChI=1S/C18H28N4O2/c1-13-8-9-14(11-16(13)21(2)3)22(4)12-17(23)20-15-7-5-6-10-19-18(15)24/h8-9,11,15H,5-7,10,12H2,1-4H3,(H,19,24)(H,20,23)/t15-/m1/s1. The van der Waals surface area contributed by atoms with E-state index >= 15 is 0 Å². The predicted octanol–water partition coefficient (Wildman–Crippen LogP) is 1.28. The van der Waals surface area contributed by atoms with Gasteiger partial charge in [-0.2, -0.15) is 0 Å². The lowest BCUT2D eigenvalue weighted by Crippen LogP contribution is -2.48. The molecule has 2 rings (SSSR count). The first-order valence-corrected chi connectivity index (χ1v) is 8.44. The number of anilines is 2. The van der Waals surface area contributed by atoms with Gasteiger partial charge in [0.05, 0.1) is 6.54 Å². The number of benzene rings is 1. The zero-order valence-electron chi connectivity index (χ0n) is 15.1. The summed E-state index contributed by atoms with van der Waals surface area (Å²) in [6.45, 7) is 2.98. The Hall–Kier alpha value is -2.24. The molecule has 0 aliphatic carbocycles. The zero-order valence-corrected chi connectivity index (χ0v) is 15.1. The van der Waals surface area contributed by atoms with Crippen LogP contribution in [0.15, 0.2) is 18.2 Å². The van der Waals surface area contributed by atoms with E-state index in [-0.39, 0.29) is 18.4 Å². The van der Waals surface area contributed by atoms with E-state index in [2.05, 4.69) is 34.6 Å². The van der Waals surface area contributed by atoms with Gasteiger partial charge < -0.3 is 20.4 Å². The molecule has 1 aromatic rings. The summed E-state index contributed by atoms with van der Waals surface area (Å²) in [6.07, 6.45) is 2.62. The van der Waals surface area contributed by atoms with Crippen molar-refractivity contribution < 1.29 is 9.59 Å². The van der Waals surface area contributed by atoms with Gasteiger partial charge in [-0.25, -0.2) is 0 Å². The summed E-state index contributed by atoms with van der Waals surface area (Å²) in [5, 5.41) is 5.69. The molecular formula is C18H28N4O2. The number of carbonyl (C=O) groups is 2. The van der Waals surface area contributed by atoms with Gasteiger partial charge in [0.25, 0.3) is 0 Å². The van der Waals surface area contributed by atoms with Gasteiger partial charge in [-0.3, -0.25) is 9.59 Å². The van der Waals surface area contributed by atoms with E-state index < -0.39 is 6.04 Å². The van der Waals surface area contributed by atoms with Gasteiger partial charge in [0.2, 0.25) is 11.8 Å². The highest BCUT2D eigenvalue weighted by molar-refractivity contribution is 5.89. The highest BCUT2D eigenvalue weighted by atomic mass is 16.2. The molecule has 6 heteroatoms. The second-order valence-corrected chi connectivity index (χ2v) is 6.63. The van der Waals surface area contributed by atoms with Crippen LogP contribution in [0.1, 0.15) is 24.8 Å². The first-order valence-electron chi connectivity index (χ1n) is 8.44. The van der Waals surface area contributed by atoms with E-state index in [0.29, 0.717) is 13.0 Å². The van der Waals surface area contributed by atoms with E-state index in [9.17, 15) is 9.59 Å². The fourth-order valence-corrected chi connectivity index (χ4v) is 2.94. The molecule has 1 aliphatic heterocycles. The number of nitrogens with one attached hydrogen (secondary N) is 2.